The fraction of sp³-hybridized carbons (Fsp3) is 1.00. The van der Waals surface area contributed by atoms with Gasteiger partial charge in [-0.2, -0.15) is 0 Å². The van der Waals surface area contributed by atoms with Crippen LogP contribution in [0.15, 0.2) is 0 Å². The van der Waals surface area contributed by atoms with E-state index in [-0.39, 0.29) is 22.2 Å². The molecule has 0 aliphatic heterocycles. The largest absolute Gasteiger partial charge is 1.00 e. The molecule has 0 bridgehead atoms. The van der Waals surface area contributed by atoms with Crippen LogP contribution in [-0.2, 0) is 3.30 Å². The number of halogens is 5. The van der Waals surface area contributed by atoms with Gasteiger partial charge >= 0.3 is 20.2 Å². The lowest BCUT2D eigenvalue weighted by Crippen LogP contribution is -3.00. The molecule has 0 N–H and O–H groups in total. The van der Waals surface area contributed by atoms with Gasteiger partial charge in [0.15, 0.2) is 0 Å². The molecule has 0 amide bonds. The molecule has 0 aromatic heterocycles. The van der Waals surface area contributed by atoms with Crippen LogP contribution in [0.5, 0.6) is 0 Å². The minimum atomic E-state index is -1.33. The Bertz CT molecular complexity index is 69.8. The van der Waals surface area contributed by atoms with Crippen molar-refractivity contribution in [2.45, 2.75) is 3.42 Å². The molecule has 0 aliphatic carbocycles. The van der Waals surface area contributed by atoms with E-state index in [2.05, 4.69) is 10.5 Å². The Morgan fingerprint density at radius 3 is 1.67 bits per heavy atom. The maximum atomic E-state index is 5.29. The minimum absolute atomic E-state index is 0. The van der Waals surface area contributed by atoms with Gasteiger partial charge in [-0.15, -0.1) is 0 Å². The van der Waals surface area contributed by atoms with Crippen LogP contribution >= 0.6 is 46.7 Å². The molecule has 0 spiro atoms. The Kier molecular flexibility index (Phi) is 8.19. The molecule has 0 fully saturated rings. The average molecular weight is 261 g/mol. The quantitative estimate of drug-likeness (QED) is 0.314. The first-order valence-electron chi connectivity index (χ1n) is 1.38. The van der Waals surface area contributed by atoms with E-state index in [1.807, 2.05) is 0 Å². The molecule has 0 aromatic rings. The first kappa shape index (κ1) is 13.4. The monoisotopic (exact) mass is 259 g/mol. The molecule has 0 aliphatic rings. The van der Waals surface area contributed by atoms with Gasteiger partial charge in [-0.3, -0.25) is 0 Å². The Labute approximate surface area is 85.7 Å². The van der Waals surface area contributed by atoms with Crippen molar-refractivity contribution in [3.8, 4) is 0 Å². The Balaban J connectivity index is 0. The van der Waals surface area contributed by atoms with Crippen LogP contribution in [-0.4, -0.2) is 23.7 Å². The van der Waals surface area contributed by atoms with Gasteiger partial charge in [0.2, 0.25) is 11.9 Å². The second kappa shape index (κ2) is 5.49. The van der Waals surface area contributed by atoms with E-state index < -0.39 is 3.42 Å². The zero-order valence-electron chi connectivity index (χ0n) is 3.80. The van der Waals surface area contributed by atoms with Crippen molar-refractivity contribution >= 4 is 66.9 Å². The summed E-state index contributed by atoms with van der Waals surface area (Å²) in [6.45, 7) is 0. The van der Waals surface area contributed by atoms with Gasteiger partial charge in [-0.05, 0) is 0 Å². The highest BCUT2D eigenvalue weighted by Gasteiger charge is 2.35. The van der Waals surface area contributed by atoms with Crippen molar-refractivity contribution in [1.29, 1.82) is 0 Å². The van der Waals surface area contributed by atoms with E-state index >= 15 is 0 Å². The predicted molar refractivity (Wildman–Crippen MR) is 38.7 cm³/mol. The predicted octanol–water partition coefficient (Wildman–Crippen LogP) is -1.27. The first-order chi connectivity index (χ1) is 3.42. The van der Waals surface area contributed by atoms with Crippen LogP contribution < -0.4 is 12.4 Å². The fourth-order valence-corrected chi connectivity index (χ4v) is 2.74. The van der Waals surface area contributed by atoms with Crippen molar-refractivity contribution < 1.29 is 15.7 Å². The van der Waals surface area contributed by atoms with E-state index in [1.165, 1.54) is 0 Å². The summed E-state index contributed by atoms with van der Waals surface area (Å²) in [6, 6.07) is 0. The highest BCUT2D eigenvalue weighted by molar-refractivity contribution is 6.87. The first-order valence-corrected chi connectivity index (χ1v) is 4.14. The Hall–Kier alpha value is 1.84. The molecule has 0 heterocycles. The second-order valence-electron chi connectivity index (χ2n) is 0.856. The molecule has 0 aromatic carbocycles. The Morgan fingerprint density at radius 2 is 1.67 bits per heavy atom. The van der Waals surface area contributed by atoms with E-state index in [4.69, 9.17) is 46.7 Å². The van der Waals surface area contributed by atoms with E-state index in [9.17, 15) is 0 Å². The van der Waals surface area contributed by atoms with Gasteiger partial charge in [0.1, 0.15) is 0 Å². The minimum Gasteiger partial charge on any atom is -1.00 e. The highest BCUT2D eigenvalue weighted by Crippen LogP contribution is 2.26. The summed E-state index contributed by atoms with van der Waals surface area (Å²) in [6.07, 6.45) is 0. The van der Waals surface area contributed by atoms with E-state index in [0.29, 0.717) is 0 Å². The van der Waals surface area contributed by atoms with Crippen molar-refractivity contribution in [2.75, 3.05) is 0 Å². The van der Waals surface area contributed by atoms with Gasteiger partial charge in [0, 0.05) is 0 Å². The Morgan fingerprint density at radius 1 is 1.33 bits per heavy atom. The molecule has 0 atom stereocenters. The van der Waals surface area contributed by atoms with E-state index in [1.54, 1.807) is 3.30 Å². The lowest BCUT2D eigenvalue weighted by Gasteiger charge is -2.04. The van der Waals surface area contributed by atoms with Gasteiger partial charge in [-0.1, -0.05) is 34.8 Å². The molecular formula is CCl5OSi2. The van der Waals surface area contributed by atoms with Crippen LogP contribution in [0, 0.1) is 0 Å². The third kappa shape index (κ3) is 12.9. The number of hydrogen-bond acceptors (Lipinski definition) is 0. The summed E-state index contributed by atoms with van der Waals surface area (Å²) in [5.41, 5.74) is 0. The van der Waals surface area contributed by atoms with Crippen LogP contribution in [0.4, 0.5) is 0 Å². The summed E-state index contributed by atoms with van der Waals surface area (Å²) < 4.78 is 0.476. The lowest BCUT2D eigenvalue weighted by atomic mass is 11.8. The molecule has 5 radical (unpaired) electrons. The molecule has 8 heteroatoms. The summed E-state index contributed by atoms with van der Waals surface area (Å²) in [5, 5.41) is 0. The highest BCUT2D eigenvalue weighted by atomic mass is 35.6. The number of alkyl halides is 3. The summed E-state index contributed by atoms with van der Waals surface area (Å²) >= 11 is 21.1. The van der Waals surface area contributed by atoms with Crippen LogP contribution in [0.2, 0.25) is 0 Å². The topological polar surface area (TPSA) is 2.70 Å². The van der Waals surface area contributed by atoms with Crippen molar-refractivity contribution in [3.05, 3.63) is 0 Å². The van der Waals surface area contributed by atoms with E-state index in [0.717, 1.165) is 0 Å². The van der Waals surface area contributed by atoms with Gasteiger partial charge in [-0.25, -0.2) is 0 Å². The molecule has 0 rings (SSSR count). The van der Waals surface area contributed by atoms with Gasteiger partial charge < -0.3 is 15.7 Å². The molecule has 1 nitrogen and oxygen atoms in total. The van der Waals surface area contributed by atoms with Crippen LogP contribution in [0.25, 0.3) is 0 Å². The summed E-state index contributed by atoms with van der Waals surface area (Å²) in [7, 11) is 2.65. The molecule has 0 unspecified atom stereocenters. The maximum absolute atomic E-state index is 5.29. The SMILES string of the molecule is [Cl-].[Si][O+](Cl)[Si]C(Cl)(Cl)Cl. The maximum Gasteiger partial charge on any atom is 0.618 e. The molecular weight excluding hydrogens is 261 g/mol. The van der Waals surface area contributed by atoms with Crippen molar-refractivity contribution in [3.63, 3.8) is 0 Å². The molecule has 0 saturated carbocycles. The zero-order chi connectivity index (χ0) is 6.78. The standard InChI is InChI=1S/CCl4OSi2.ClH/c2-1(3,4)8-6(5)7;/h;1H/q+1;/p-1. The number of rotatable bonds is 1. The lowest BCUT2D eigenvalue weighted by molar-refractivity contribution is -0.00000155. The second-order valence-corrected chi connectivity index (χ2v) is 7.09. The zero-order valence-corrected chi connectivity index (χ0v) is 9.58. The third-order valence-electron chi connectivity index (χ3n) is 0.205. The third-order valence-corrected chi connectivity index (χ3v) is 1.85. The summed E-state index contributed by atoms with van der Waals surface area (Å²) in [4.78, 5) is 0. The molecule has 0 saturated heterocycles. The normalized spacial score (nSPS) is 11.3. The van der Waals surface area contributed by atoms with Gasteiger partial charge in [0.25, 0.3) is 3.42 Å². The summed E-state index contributed by atoms with van der Waals surface area (Å²) in [5.74, 6) is 0. The fourth-order valence-electron chi connectivity index (χ4n) is 0.102. The van der Waals surface area contributed by atoms with Crippen LogP contribution in [0.3, 0.4) is 0 Å². The smallest absolute Gasteiger partial charge is 0.618 e. The average Bonchev–Trinajstić information content (AvgIpc) is 1.21. The number of hydrogen-bond donors (Lipinski definition) is 0. The van der Waals surface area contributed by atoms with Crippen molar-refractivity contribution in [2.24, 2.45) is 0 Å². The molecule has 53 valence electrons. The van der Waals surface area contributed by atoms with Crippen LogP contribution in [0.1, 0.15) is 0 Å². The molecule has 9 heavy (non-hydrogen) atoms. The van der Waals surface area contributed by atoms with Gasteiger partial charge in [0.05, 0.1) is 0 Å². The van der Waals surface area contributed by atoms with Crippen molar-refractivity contribution in [1.82, 2.24) is 0 Å².